The Morgan fingerprint density at radius 1 is 1.47 bits per heavy atom. The molecule has 0 spiro atoms. The minimum atomic E-state index is -0.753. The van der Waals surface area contributed by atoms with E-state index in [9.17, 15) is 9.59 Å². The number of carboxylic acid groups (broad SMARTS) is 1. The first kappa shape index (κ1) is 12.0. The van der Waals surface area contributed by atoms with Gasteiger partial charge < -0.3 is 10.0 Å². The number of nitrogens with zero attached hydrogens (tertiary/aromatic N) is 2. The van der Waals surface area contributed by atoms with Crippen molar-refractivity contribution in [1.82, 2.24) is 9.88 Å². The highest BCUT2D eigenvalue weighted by molar-refractivity contribution is 7.07. The number of likely N-dealkylation sites (tertiary alicyclic amines) is 1. The lowest BCUT2D eigenvalue weighted by molar-refractivity contribution is -0.145. The minimum Gasteiger partial charge on any atom is -0.481 e. The van der Waals surface area contributed by atoms with E-state index in [-0.39, 0.29) is 11.8 Å². The maximum absolute atomic E-state index is 11.9. The molecule has 2 heterocycles. The number of carbonyl (C=O) groups is 2. The van der Waals surface area contributed by atoms with Crippen LogP contribution in [0.25, 0.3) is 0 Å². The van der Waals surface area contributed by atoms with E-state index >= 15 is 0 Å². The Balaban J connectivity index is 1.84. The molecule has 1 amide bonds. The Hall–Kier alpha value is -1.43. The second-order valence-corrected chi connectivity index (χ2v) is 4.87. The number of carbonyl (C=O) groups excluding carboxylic acids is 1. The number of thiazole rings is 1. The molecule has 0 saturated carbocycles. The Labute approximate surface area is 103 Å². The van der Waals surface area contributed by atoms with Gasteiger partial charge in [-0.05, 0) is 12.8 Å². The lowest BCUT2D eigenvalue weighted by Gasteiger charge is -2.30. The van der Waals surface area contributed by atoms with Crippen molar-refractivity contribution in [3.05, 3.63) is 16.6 Å². The van der Waals surface area contributed by atoms with Crippen LogP contribution in [0.2, 0.25) is 0 Å². The van der Waals surface area contributed by atoms with E-state index in [0.717, 1.165) is 5.69 Å². The second-order valence-electron chi connectivity index (χ2n) is 4.15. The van der Waals surface area contributed by atoms with Crippen molar-refractivity contribution in [2.45, 2.75) is 19.3 Å². The van der Waals surface area contributed by atoms with Gasteiger partial charge in [0.05, 0.1) is 23.5 Å². The van der Waals surface area contributed by atoms with Gasteiger partial charge >= 0.3 is 5.97 Å². The molecule has 1 N–H and O–H groups in total. The SMILES string of the molecule is O=C(O)C1CCN(C(=O)Cc2cscn2)CC1. The van der Waals surface area contributed by atoms with Gasteiger partial charge in [0, 0.05) is 18.5 Å². The fourth-order valence-corrected chi connectivity index (χ4v) is 2.53. The molecule has 1 aliphatic rings. The Morgan fingerprint density at radius 2 is 2.18 bits per heavy atom. The summed E-state index contributed by atoms with van der Waals surface area (Å²) in [6.07, 6.45) is 1.43. The van der Waals surface area contributed by atoms with Gasteiger partial charge in [-0.25, -0.2) is 4.98 Å². The quantitative estimate of drug-likeness (QED) is 0.874. The molecule has 6 heteroatoms. The minimum absolute atomic E-state index is 0.0414. The number of aromatic nitrogens is 1. The van der Waals surface area contributed by atoms with Gasteiger partial charge in [0.1, 0.15) is 0 Å². The lowest BCUT2D eigenvalue weighted by Crippen LogP contribution is -2.41. The van der Waals surface area contributed by atoms with Crippen molar-refractivity contribution < 1.29 is 14.7 Å². The van der Waals surface area contributed by atoms with Crippen LogP contribution in [0, 0.1) is 5.92 Å². The standard InChI is InChI=1S/C11H14N2O3S/c14-10(5-9-6-17-7-12-9)13-3-1-8(2-4-13)11(15)16/h6-8H,1-5H2,(H,15,16). The van der Waals surface area contributed by atoms with Crippen LogP contribution >= 0.6 is 11.3 Å². The summed E-state index contributed by atoms with van der Waals surface area (Å²) in [5.41, 5.74) is 2.50. The highest BCUT2D eigenvalue weighted by Gasteiger charge is 2.26. The van der Waals surface area contributed by atoms with Crippen LogP contribution < -0.4 is 0 Å². The molecule has 1 fully saturated rings. The predicted molar refractivity (Wildman–Crippen MR) is 62.8 cm³/mol. The molecule has 0 unspecified atom stereocenters. The van der Waals surface area contributed by atoms with Crippen molar-refractivity contribution in [1.29, 1.82) is 0 Å². The third-order valence-electron chi connectivity index (χ3n) is 3.01. The first-order chi connectivity index (χ1) is 8.16. The van der Waals surface area contributed by atoms with Crippen LogP contribution in [-0.2, 0) is 16.0 Å². The van der Waals surface area contributed by atoms with Crippen molar-refractivity contribution in [3.63, 3.8) is 0 Å². The van der Waals surface area contributed by atoms with Gasteiger partial charge in [0.15, 0.2) is 0 Å². The number of aliphatic carboxylic acids is 1. The van der Waals surface area contributed by atoms with Gasteiger partial charge in [0.2, 0.25) is 5.91 Å². The number of rotatable bonds is 3. The summed E-state index contributed by atoms with van der Waals surface area (Å²) in [7, 11) is 0. The molecule has 0 aromatic carbocycles. The Bertz CT molecular complexity index is 397. The number of hydrogen-bond donors (Lipinski definition) is 1. The molecule has 1 aliphatic heterocycles. The van der Waals surface area contributed by atoms with E-state index in [0.29, 0.717) is 32.4 Å². The highest BCUT2D eigenvalue weighted by Crippen LogP contribution is 2.18. The molecule has 1 saturated heterocycles. The summed E-state index contributed by atoms with van der Waals surface area (Å²) in [5.74, 6) is -1.00. The van der Waals surface area contributed by atoms with Crippen molar-refractivity contribution in [2.24, 2.45) is 5.92 Å². The van der Waals surface area contributed by atoms with Crippen LogP contribution in [0.1, 0.15) is 18.5 Å². The Kier molecular flexibility index (Phi) is 3.73. The van der Waals surface area contributed by atoms with Gasteiger partial charge in [0.25, 0.3) is 0 Å². The van der Waals surface area contributed by atoms with E-state index in [1.54, 1.807) is 10.4 Å². The molecule has 0 aliphatic carbocycles. The maximum atomic E-state index is 11.9. The van der Waals surface area contributed by atoms with Crippen LogP contribution in [0.4, 0.5) is 0 Å². The van der Waals surface area contributed by atoms with Gasteiger partial charge in [-0.3, -0.25) is 9.59 Å². The molecule has 1 aromatic heterocycles. The molecule has 0 bridgehead atoms. The van der Waals surface area contributed by atoms with Gasteiger partial charge in [-0.15, -0.1) is 11.3 Å². The predicted octanol–water partition coefficient (Wildman–Crippen LogP) is 1.01. The van der Waals surface area contributed by atoms with E-state index in [4.69, 9.17) is 5.11 Å². The number of piperidine rings is 1. The van der Waals surface area contributed by atoms with Crippen LogP contribution in [0.5, 0.6) is 0 Å². The smallest absolute Gasteiger partial charge is 0.306 e. The van der Waals surface area contributed by atoms with E-state index in [2.05, 4.69) is 4.98 Å². The topological polar surface area (TPSA) is 70.5 Å². The second kappa shape index (κ2) is 5.27. The number of amides is 1. The molecule has 1 aromatic rings. The summed E-state index contributed by atoms with van der Waals surface area (Å²) < 4.78 is 0. The molecule has 2 rings (SSSR count). The summed E-state index contributed by atoms with van der Waals surface area (Å²) in [6.45, 7) is 1.08. The van der Waals surface area contributed by atoms with Crippen LogP contribution in [0.15, 0.2) is 10.9 Å². The van der Waals surface area contributed by atoms with E-state index in [1.165, 1.54) is 11.3 Å². The van der Waals surface area contributed by atoms with Crippen LogP contribution in [0.3, 0.4) is 0 Å². The molecular formula is C11H14N2O3S. The zero-order valence-corrected chi connectivity index (χ0v) is 10.2. The lowest BCUT2D eigenvalue weighted by atomic mass is 9.97. The fourth-order valence-electron chi connectivity index (χ4n) is 1.97. The zero-order valence-electron chi connectivity index (χ0n) is 9.33. The average molecular weight is 254 g/mol. The highest BCUT2D eigenvalue weighted by atomic mass is 32.1. The summed E-state index contributed by atoms with van der Waals surface area (Å²) in [4.78, 5) is 28.5. The molecule has 5 nitrogen and oxygen atoms in total. The first-order valence-corrected chi connectivity index (χ1v) is 6.48. The van der Waals surface area contributed by atoms with E-state index in [1.807, 2.05) is 5.38 Å². The third kappa shape index (κ3) is 3.03. The molecule has 92 valence electrons. The first-order valence-electron chi connectivity index (χ1n) is 5.54. The normalized spacial score (nSPS) is 17.1. The third-order valence-corrected chi connectivity index (χ3v) is 3.65. The average Bonchev–Trinajstić information content (AvgIpc) is 2.82. The van der Waals surface area contributed by atoms with Crippen molar-refractivity contribution >= 4 is 23.2 Å². The maximum Gasteiger partial charge on any atom is 0.306 e. The molecule has 0 atom stereocenters. The van der Waals surface area contributed by atoms with Crippen molar-refractivity contribution in [3.8, 4) is 0 Å². The molecule has 0 radical (unpaired) electrons. The number of carboxylic acids is 1. The summed E-state index contributed by atoms with van der Waals surface area (Å²) in [6, 6.07) is 0. The summed E-state index contributed by atoms with van der Waals surface area (Å²) >= 11 is 1.47. The Morgan fingerprint density at radius 3 is 2.71 bits per heavy atom. The molecular weight excluding hydrogens is 240 g/mol. The zero-order chi connectivity index (χ0) is 12.3. The van der Waals surface area contributed by atoms with Crippen molar-refractivity contribution in [2.75, 3.05) is 13.1 Å². The number of hydrogen-bond acceptors (Lipinski definition) is 4. The van der Waals surface area contributed by atoms with Gasteiger partial charge in [-0.2, -0.15) is 0 Å². The monoisotopic (exact) mass is 254 g/mol. The summed E-state index contributed by atoms with van der Waals surface area (Å²) in [5, 5.41) is 10.7. The molecule has 17 heavy (non-hydrogen) atoms. The van der Waals surface area contributed by atoms with Gasteiger partial charge in [-0.1, -0.05) is 0 Å². The largest absolute Gasteiger partial charge is 0.481 e. The fraction of sp³-hybridized carbons (Fsp3) is 0.545. The van der Waals surface area contributed by atoms with E-state index < -0.39 is 5.97 Å². The van der Waals surface area contributed by atoms with Crippen LogP contribution in [-0.4, -0.2) is 40.0 Å².